The van der Waals surface area contributed by atoms with Crippen LogP contribution < -0.4 is 9.47 Å². The number of hydrogen-bond acceptors (Lipinski definition) is 6. The zero-order valence-corrected chi connectivity index (χ0v) is 19.2. The van der Waals surface area contributed by atoms with Gasteiger partial charge in [-0.25, -0.2) is 0 Å². The standard InChI is InChI=1S/C26H30O6/c1-23(2)15-9-11-25(13-15,19(23)27)21(29)31-17-5-7-18(8-6-17)32-22(30)26-12-10-16(14-26)24(3,4)20(26)28/h5-8,15-16H,9-14H2,1-4H3. The van der Waals surface area contributed by atoms with Gasteiger partial charge in [-0.1, -0.05) is 27.7 Å². The quantitative estimate of drug-likeness (QED) is 0.396. The van der Waals surface area contributed by atoms with Gasteiger partial charge < -0.3 is 9.47 Å². The summed E-state index contributed by atoms with van der Waals surface area (Å²) in [6.07, 6.45) is 3.92. The van der Waals surface area contributed by atoms with E-state index in [2.05, 4.69) is 0 Å². The molecule has 4 aliphatic carbocycles. The monoisotopic (exact) mass is 438 g/mol. The molecule has 0 amide bonds. The van der Waals surface area contributed by atoms with E-state index in [1.807, 2.05) is 27.7 Å². The molecule has 0 heterocycles. The maximum atomic E-state index is 12.9. The summed E-state index contributed by atoms with van der Waals surface area (Å²) in [7, 11) is 0. The highest BCUT2D eigenvalue weighted by Crippen LogP contribution is 2.61. The summed E-state index contributed by atoms with van der Waals surface area (Å²) in [6, 6.07) is 6.24. The van der Waals surface area contributed by atoms with Crippen molar-refractivity contribution < 1.29 is 28.7 Å². The fourth-order valence-corrected chi connectivity index (χ4v) is 6.88. The third kappa shape index (κ3) is 2.64. The zero-order valence-electron chi connectivity index (χ0n) is 19.2. The summed E-state index contributed by atoms with van der Waals surface area (Å²) < 4.78 is 11.2. The molecule has 4 aliphatic rings. The minimum absolute atomic E-state index is 0.0184. The first-order valence-corrected chi connectivity index (χ1v) is 11.6. The summed E-state index contributed by atoms with van der Waals surface area (Å²) in [4.78, 5) is 51.7. The van der Waals surface area contributed by atoms with Crippen LogP contribution in [0.25, 0.3) is 0 Å². The lowest BCUT2D eigenvalue weighted by molar-refractivity contribution is -0.155. The topological polar surface area (TPSA) is 86.7 Å². The van der Waals surface area contributed by atoms with E-state index in [1.165, 1.54) is 0 Å². The van der Waals surface area contributed by atoms with E-state index in [9.17, 15) is 19.2 Å². The fourth-order valence-electron chi connectivity index (χ4n) is 6.88. The van der Waals surface area contributed by atoms with Crippen LogP contribution in [0.5, 0.6) is 11.5 Å². The van der Waals surface area contributed by atoms with Crippen LogP contribution >= 0.6 is 0 Å². The lowest BCUT2D eigenvalue weighted by Gasteiger charge is -2.32. The van der Waals surface area contributed by atoms with Gasteiger partial charge in [-0.2, -0.15) is 0 Å². The number of Topliss-reactive ketones (excluding diaryl/α,β-unsaturated/α-hetero) is 2. The van der Waals surface area contributed by atoms with Gasteiger partial charge in [0.25, 0.3) is 0 Å². The van der Waals surface area contributed by atoms with E-state index in [0.717, 1.165) is 12.8 Å². The summed E-state index contributed by atoms with van der Waals surface area (Å²) in [5.41, 5.74) is -3.04. The third-order valence-electron chi connectivity index (χ3n) is 9.14. The summed E-state index contributed by atoms with van der Waals surface area (Å²) in [5, 5.41) is 0. The van der Waals surface area contributed by atoms with Gasteiger partial charge in [0.05, 0.1) is 0 Å². The molecule has 4 atom stereocenters. The van der Waals surface area contributed by atoms with Crippen LogP contribution in [0.15, 0.2) is 24.3 Å². The van der Waals surface area contributed by atoms with Gasteiger partial charge in [0.2, 0.25) is 0 Å². The van der Waals surface area contributed by atoms with Crippen LogP contribution in [0.2, 0.25) is 0 Å². The number of carbonyl (C=O) groups is 4. The highest BCUT2D eigenvalue weighted by molar-refractivity contribution is 6.10. The second-order valence-electron chi connectivity index (χ2n) is 11.4. The second kappa shape index (κ2) is 6.52. The smallest absolute Gasteiger partial charge is 0.325 e. The van der Waals surface area contributed by atoms with E-state index in [0.29, 0.717) is 37.2 Å². The van der Waals surface area contributed by atoms with E-state index < -0.39 is 33.6 Å². The lowest BCUT2D eigenvalue weighted by Crippen LogP contribution is -2.44. The predicted octanol–water partition coefficient (Wildman–Crippen LogP) is 4.29. The molecular weight excluding hydrogens is 408 g/mol. The molecule has 1 aromatic rings. The van der Waals surface area contributed by atoms with Gasteiger partial charge in [-0.05, 0) is 74.6 Å². The molecule has 4 unspecified atom stereocenters. The molecule has 0 aliphatic heterocycles. The Morgan fingerprint density at radius 1 is 0.719 bits per heavy atom. The van der Waals surface area contributed by atoms with Gasteiger partial charge in [0.1, 0.15) is 22.3 Å². The number of carbonyl (C=O) groups excluding carboxylic acids is 4. The number of ketones is 2. The average molecular weight is 439 g/mol. The molecule has 1 aromatic carbocycles. The van der Waals surface area contributed by atoms with Gasteiger partial charge in [0.15, 0.2) is 11.6 Å². The van der Waals surface area contributed by atoms with Gasteiger partial charge in [-0.3, -0.25) is 19.2 Å². The van der Waals surface area contributed by atoms with Gasteiger partial charge in [-0.15, -0.1) is 0 Å². The molecule has 6 nitrogen and oxygen atoms in total. The fraction of sp³-hybridized carbons (Fsp3) is 0.615. The molecule has 32 heavy (non-hydrogen) atoms. The third-order valence-corrected chi connectivity index (χ3v) is 9.14. The van der Waals surface area contributed by atoms with Crippen LogP contribution in [0.4, 0.5) is 0 Å². The van der Waals surface area contributed by atoms with Crippen molar-refractivity contribution in [3.8, 4) is 11.5 Å². The van der Waals surface area contributed by atoms with Gasteiger partial charge >= 0.3 is 11.9 Å². The Morgan fingerprint density at radius 3 is 1.34 bits per heavy atom. The predicted molar refractivity (Wildman–Crippen MR) is 115 cm³/mol. The van der Waals surface area contributed by atoms with Crippen LogP contribution in [0.1, 0.15) is 66.2 Å². The highest BCUT2D eigenvalue weighted by atomic mass is 16.5. The van der Waals surface area contributed by atoms with Gasteiger partial charge in [0, 0.05) is 10.8 Å². The molecule has 170 valence electrons. The van der Waals surface area contributed by atoms with Crippen molar-refractivity contribution in [3.05, 3.63) is 24.3 Å². The molecular formula is C26H30O6. The Balaban J connectivity index is 1.27. The van der Waals surface area contributed by atoms with Crippen LogP contribution in [-0.2, 0) is 19.2 Å². The van der Waals surface area contributed by atoms with Crippen LogP contribution in [0, 0.1) is 33.5 Å². The van der Waals surface area contributed by atoms with Crippen LogP contribution in [-0.4, -0.2) is 23.5 Å². The van der Waals surface area contributed by atoms with Crippen molar-refractivity contribution in [1.29, 1.82) is 0 Å². The molecule has 0 aromatic heterocycles. The first-order chi connectivity index (χ1) is 14.9. The van der Waals surface area contributed by atoms with E-state index in [1.54, 1.807) is 24.3 Å². The molecule has 6 heteroatoms. The summed E-state index contributed by atoms with van der Waals surface area (Å²) in [5.74, 6) is 0.0454. The summed E-state index contributed by atoms with van der Waals surface area (Å²) >= 11 is 0. The molecule has 0 N–H and O–H groups in total. The molecule has 4 bridgehead atoms. The normalized spacial score (nSPS) is 35.9. The minimum Gasteiger partial charge on any atom is -0.426 e. The SMILES string of the molecule is CC1(C)C(=O)C2(C(=O)Oc3ccc(OC(=O)C45CCC(C4)C(C)(C)C5=O)cc3)CCC1C2. The van der Waals surface area contributed by atoms with Crippen molar-refractivity contribution >= 4 is 23.5 Å². The zero-order chi connectivity index (χ0) is 23.1. The number of benzene rings is 1. The number of hydrogen-bond donors (Lipinski definition) is 0. The van der Waals surface area contributed by atoms with Crippen molar-refractivity contribution in [2.24, 2.45) is 33.5 Å². The number of esters is 2. The molecule has 4 saturated carbocycles. The summed E-state index contributed by atoms with van der Waals surface area (Å²) in [6.45, 7) is 7.67. The lowest BCUT2D eigenvalue weighted by atomic mass is 9.71. The van der Waals surface area contributed by atoms with E-state index in [4.69, 9.17) is 9.47 Å². The van der Waals surface area contributed by atoms with Crippen LogP contribution in [0.3, 0.4) is 0 Å². The van der Waals surface area contributed by atoms with E-state index >= 15 is 0 Å². The highest BCUT2D eigenvalue weighted by Gasteiger charge is 2.67. The molecule has 4 fully saturated rings. The first kappa shape index (κ1) is 21.4. The second-order valence-corrected chi connectivity index (χ2v) is 11.4. The number of fused-ring (bicyclic) bond motifs is 4. The molecule has 0 spiro atoms. The molecule has 5 rings (SSSR count). The molecule has 0 radical (unpaired) electrons. The maximum absolute atomic E-state index is 12.9. The first-order valence-electron chi connectivity index (χ1n) is 11.6. The largest absolute Gasteiger partial charge is 0.426 e. The molecule has 0 saturated heterocycles. The maximum Gasteiger partial charge on any atom is 0.325 e. The minimum atomic E-state index is -1.03. The Hall–Kier alpha value is -2.50. The Morgan fingerprint density at radius 2 is 1.06 bits per heavy atom. The van der Waals surface area contributed by atoms with Crippen molar-refractivity contribution in [3.63, 3.8) is 0 Å². The number of rotatable bonds is 4. The Kier molecular flexibility index (Phi) is 4.35. The van der Waals surface area contributed by atoms with Crippen molar-refractivity contribution in [1.82, 2.24) is 0 Å². The van der Waals surface area contributed by atoms with E-state index in [-0.39, 0.29) is 23.4 Å². The average Bonchev–Trinajstić information content (AvgIpc) is 3.47. The Bertz CT molecular complexity index is 952. The van der Waals surface area contributed by atoms with Crippen molar-refractivity contribution in [2.45, 2.75) is 66.2 Å². The Labute approximate surface area is 188 Å². The number of ether oxygens (including phenoxy) is 2. The van der Waals surface area contributed by atoms with Crippen molar-refractivity contribution in [2.75, 3.05) is 0 Å².